The number of carbonyl (C=O) groups is 1. The van der Waals surface area contributed by atoms with E-state index in [1.54, 1.807) is 0 Å². The first-order chi connectivity index (χ1) is 13.0. The predicted molar refractivity (Wildman–Crippen MR) is 107 cm³/mol. The van der Waals surface area contributed by atoms with E-state index < -0.39 is 0 Å². The molecule has 3 rings (SSSR count). The standard InChI is InChI=1S/C20H34N6O/c1-4-6-8-25(3)20(27)23-16-9-14-10-17-15(12-22-19(21)24-17)11-18(14)26(13-16)7-5-2/h12,14,16,18H,4-11,13H2,1-3H3,(H,23,27)(H2,21,22,24)/t14-,16+,18-/m1/s1. The number of hydrogen-bond acceptors (Lipinski definition) is 5. The molecule has 0 spiro atoms. The molecule has 2 heterocycles. The van der Waals surface area contributed by atoms with Crippen LogP contribution in [0, 0.1) is 5.92 Å². The van der Waals surface area contributed by atoms with Gasteiger partial charge in [-0.1, -0.05) is 20.3 Å². The van der Waals surface area contributed by atoms with Crippen LogP contribution >= 0.6 is 0 Å². The summed E-state index contributed by atoms with van der Waals surface area (Å²) in [6.45, 7) is 7.16. The van der Waals surface area contributed by atoms with E-state index >= 15 is 0 Å². The van der Waals surface area contributed by atoms with Gasteiger partial charge in [0.05, 0.1) is 0 Å². The Morgan fingerprint density at radius 3 is 2.93 bits per heavy atom. The van der Waals surface area contributed by atoms with Gasteiger partial charge in [0.2, 0.25) is 5.95 Å². The maximum Gasteiger partial charge on any atom is 0.317 e. The van der Waals surface area contributed by atoms with Crippen LogP contribution in [-0.2, 0) is 12.8 Å². The van der Waals surface area contributed by atoms with Crippen LogP contribution in [0.25, 0.3) is 0 Å². The van der Waals surface area contributed by atoms with E-state index in [1.807, 2.05) is 18.1 Å². The van der Waals surface area contributed by atoms with E-state index in [0.717, 1.165) is 63.9 Å². The van der Waals surface area contributed by atoms with Crippen LogP contribution < -0.4 is 11.1 Å². The summed E-state index contributed by atoms with van der Waals surface area (Å²) in [5, 5.41) is 3.27. The van der Waals surface area contributed by atoms with Crippen LogP contribution in [-0.4, -0.2) is 64.6 Å². The van der Waals surface area contributed by atoms with Gasteiger partial charge in [0.15, 0.2) is 0 Å². The zero-order chi connectivity index (χ0) is 19.4. The Kier molecular flexibility index (Phi) is 6.52. The number of piperidine rings is 1. The first kappa shape index (κ1) is 19.9. The lowest BCUT2D eigenvalue weighted by Crippen LogP contribution is -2.59. The van der Waals surface area contributed by atoms with E-state index in [-0.39, 0.29) is 12.1 Å². The van der Waals surface area contributed by atoms with Crippen molar-refractivity contribution in [3.63, 3.8) is 0 Å². The monoisotopic (exact) mass is 374 g/mol. The van der Waals surface area contributed by atoms with E-state index in [2.05, 4.69) is 34.0 Å². The van der Waals surface area contributed by atoms with Gasteiger partial charge in [0, 0.05) is 44.1 Å². The molecule has 2 amide bonds. The Morgan fingerprint density at radius 2 is 2.19 bits per heavy atom. The number of unbranched alkanes of at least 4 members (excludes halogenated alkanes) is 1. The first-order valence-corrected chi connectivity index (χ1v) is 10.4. The molecule has 1 aromatic rings. The smallest absolute Gasteiger partial charge is 0.317 e. The quantitative estimate of drug-likeness (QED) is 0.796. The minimum absolute atomic E-state index is 0.0473. The largest absolute Gasteiger partial charge is 0.368 e. The van der Waals surface area contributed by atoms with Crippen LogP contribution in [0.3, 0.4) is 0 Å². The normalized spacial score (nSPS) is 24.8. The average Bonchev–Trinajstić information content (AvgIpc) is 2.64. The number of nitrogen functional groups attached to an aromatic ring is 1. The van der Waals surface area contributed by atoms with Crippen molar-refractivity contribution >= 4 is 12.0 Å². The van der Waals surface area contributed by atoms with Crippen molar-refractivity contribution in [2.24, 2.45) is 5.92 Å². The second-order valence-electron chi connectivity index (χ2n) is 8.09. The lowest BCUT2D eigenvalue weighted by Gasteiger charge is -2.47. The minimum atomic E-state index is 0.0473. The van der Waals surface area contributed by atoms with Gasteiger partial charge >= 0.3 is 6.03 Å². The Hall–Kier alpha value is -1.89. The summed E-state index contributed by atoms with van der Waals surface area (Å²) < 4.78 is 0. The van der Waals surface area contributed by atoms with Crippen molar-refractivity contribution in [2.75, 3.05) is 32.4 Å². The molecule has 0 saturated carbocycles. The number of nitrogens with one attached hydrogen (secondary N) is 1. The number of amides is 2. The SMILES string of the molecule is CCCCN(C)C(=O)N[C@H]1C[C@@H]2Cc3nc(N)ncc3C[C@H]2N(CCC)C1. The molecule has 1 aliphatic heterocycles. The summed E-state index contributed by atoms with van der Waals surface area (Å²) in [4.78, 5) is 25.6. The Morgan fingerprint density at radius 1 is 1.37 bits per heavy atom. The Balaban J connectivity index is 1.69. The molecule has 150 valence electrons. The third kappa shape index (κ3) is 4.69. The molecule has 1 aromatic heterocycles. The van der Waals surface area contributed by atoms with Crippen LogP contribution in [0.1, 0.15) is 50.8 Å². The van der Waals surface area contributed by atoms with Gasteiger partial charge in [-0.05, 0) is 50.1 Å². The highest BCUT2D eigenvalue weighted by molar-refractivity contribution is 5.74. The van der Waals surface area contributed by atoms with Gasteiger partial charge in [-0.25, -0.2) is 14.8 Å². The summed E-state index contributed by atoms with van der Waals surface area (Å²) in [5.41, 5.74) is 8.12. The van der Waals surface area contributed by atoms with Crippen LogP contribution in [0.5, 0.6) is 0 Å². The highest BCUT2D eigenvalue weighted by Crippen LogP contribution is 2.34. The lowest BCUT2D eigenvalue weighted by atomic mass is 9.76. The number of nitrogens with zero attached hydrogens (tertiary/aromatic N) is 4. The number of carbonyl (C=O) groups excluding carboxylic acids is 1. The fraction of sp³-hybridized carbons (Fsp3) is 0.750. The molecular formula is C20H34N6O. The fourth-order valence-electron chi connectivity index (χ4n) is 4.54. The minimum Gasteiger partial charge on any atom is -0.368 e. The first-order valence-electron chi connectivity index (χ1n) is 10.4. The zero-order valence-electron chi connectivity index (χ0n) is 16.9. The molecule has 0 unspecified atom stereocenters. The number of anilines is 1. The molecule has 3 atom stereocenters. The third-order valence-corrected chi connectivity index (χ3v) is 5.94. The van der Waals surface area contributed by atoms with E-state index in [1.165, 1.54) is 5.56 Å². The summed E-state index contributed by atoms with van der Waals surface area (Å²) in [7, 11) is 1.89. The topological polar surface area (TPSA) is 87.4 Å². The number of likely N-dealkylation sites (tertiary alicyclic amines) is 1. The number of nitrogens with two attached hydrogens (primary N) is 1. The number of fused-ring (bicyclic) bond motifs is 2. The molecule has 1 aliphatic carbocycles. The molecule has 1 saturated heterocycles. The molecule has 1 fully saturated rings. The summed E-state index contributed by atoms with van der Waals surface area (Å²) in [5.74, 6) is 0.856. The summed E-state index contributed by atoms with van der Waals surface area (Å²) in [6.07, 6.45) is 8.06. The van der Waals surface area contributed by atoms with Crippen LogP contribution in [0.2, 0.25) is 0 Å². The van der Waals surface area contributed by atoms with E-state index in [0.29, 0.717) is 17.9 Å². The van der Waals surface area contributed by atoms with Crippen molar-refractivity contribution in [1.29, 1.82) is 0 Å². The maximum atomic E-state index is 12.5. The third-order valence-electron chi connectivity index (χ3n) is 5.94. The van der Waals surface area contributed by atoms with Crippen molar-refractivity contribution in [3.8, 4) is 0 Å². The van der Waals surface area contributed by atoms with E-state index in [4.69, 9.17) is 5.73 Å². The molecule has 7 nitrogen and oxygen atoms in total. The van der Waals surface area contributed by atoms with Crippen molar-refractivity contribution in [2.45, 2.75) is 64.5 Å². The molecule has 2 aliphatic rings. The van der Waals surface area contributed by atoms with Gasteiger partial charge in [-0.3, -0.25) is 4.90 Å². The van der Waals surface area contributed by atoms with Gasteiger partial charge < -0.3 is 16.0 Å². The summed E-state index contributed by atoms with van der Waals surface area (Å²) in [6, 6.07) is 0.747. The van der Waals surface area contributed by atoms with Crippen molar-refractivity contribution in [1.82, 2.24) is 25.1 Å². The molecule has 27 heavy (non-hydrogen) atoms. The van der Waals surface area contributed by atoms with Gasteiger partial charge in [-0.2, -0.15) is 0 Å². The van der Waals surface area contributed by atoms with Gasteiger partial charge in [-0.15, -0.1) is 0 Å². The van der Waals surface area contributed by atoms with Crippen LogP contribution in [0.15, 0.2) is 6.20 Å². The highest BCUT2D eigenvalue weighted by atomic mass is 16.2. The van der Waals surface area contributed by atoms with Gasteiger partial charge in [0.25, 0.3) is 0 Å². The van der Waals surface area contributed by atoms with Crippen molar-refractivity contribution in [3.05, 3.63) is 17.5 Å². The predicted octanol–water partition coefficient (Wildman–Crippen LogP) is 2.07. The molecule has 3 N–H and O–H groups in total. The van der Waals surface area contributed by atoms with E-state index in [9.17, 15) is 4.79 Å². The number of hydrogen-bond donors (Lipinski definition) is 2. The fourth-order valence-corrected chi connectivity index (χ4v) is 4.54. The number of aromatic nitrogens is 2. The average molecular weight is 375 g/mol. The Labute approximate surface area is 162 Å². The number of rotatable bonds is 6. The molecule has 0 bridgehead atoms. The summed E-state index contributed by atoms with van der Waals surface area (Å²) >= 11 is 0. The molecular weight excluding hydrogens is 340 g/mol. The second-order valence-corrected chi connectivity index (χ2v) is 8.09. The lowest BCUT2D eigenvalue weighted by molar-refractivity contribution is 0.0629. The van der Waals surface area contributed by atoms with Crippen molar-refractivity contribution < 1.29 is 4.79 Å². The second kappa shape index (κ2) is 8.87. The molecule has 0 radical (unpaired) electrons. The molecule has 7 heteroatoms. The zero-order valence-corrected chi connectivity index (χ0v) is 16.9. The highest BCUT2D eigenvalue weighted by Gasteiger charge is 2.40. The maximum absolute atomic E-state index is 12.5. The Bertz CT molecular complexity index is 651. The molecule has 0 aromatic carbocycles. The number of urea groups is 1. The van der Waals surface area contributed by atoms with Crippen LogP contribution in [0.4, 0.5) is 10.7 Å². The van der Waals surface area contributed by atoms with Gasteiger partial charge in [0.1, 0.15) is 0 Å².